The fourth-order valence-corrected chi connectivity index (χ4v) is 2.46. The Labute approximate surface area is 122 Å². The van der Waals surface area contributed by atoms with Gasteiger partial charge in [0.25, 0.3) is 0 Å². The van der Waals surface area contributed by atoms with Crippen LogP contribution in [-0.4, -0.2) is 9.97 Å². The first-order valence-electron chi connectivity index (χ1n) is 6.46. The van der Waals surface area contributed by atoms with Gasteiger partial charge in [0.05, 0.1) is 0 Å². The molecule has 4 heteroatoms. The average molecular weight is 287 g/mol. The summed E-state index contributed by atoms with van der Waals surface area (Å²) in [4.78, 5) is 7.64. The Kier molecular flexibility index (Phi) is 3.36. The van der Waals surface area contributed by atoms with E-state index < -0.39 is 0 Å². The first kappa shape index (κ1) is 13.0. The van der Waals surface area contributed by atoms with Gasteiger partial charge in [0.2, 0.25) is 5.88 Å². The standard InChI is InChI=1S/C16H15ClN2O/c1-10-11(2)19-15-14(10)6-7-18-16(15)20-9-12-4-3-5-13(17)8-12/h3-8,19H,9H2,1-2H3. The molecule has 0 atom stereocenters. The van der Waals surface area contributed by atoms with Crippen molar-refractivity contribution < 1.29 is 4.74 Å². The number of halogens is 1. The van der Waals surface area contributed by atoms with E-state index in [4.69, 9.17) is 16.3 Å². The molecule has 0 aliphatic carbocycles. The van der Waals surface area contributed by atoms with Crippen LogP contribution in [0.15, 0.2) is 36.5 Å². The summed E-state index contributed by atoms with van der Waals surface area (Å²) < 4.78 is 5.83. The van der Waals surface area contributed by atoms with Gasteiger partial charge in [0.1, 0.15) is 12.1 Å². The Hall–Kier alpha value is -2.00. The Morgan fingerprint density at radius 2 is 2.10 bits per heavy atom. The number of nitrogens with zero attached hydrogens (tertiary/aromatic N) is 1. The second kappa shape index (κ2) is 5.17. The number of hydrogen-bond donors (Lipinski definition) is 1. The highest BCUT2D eigenvalue weighted by Gasteiger charge is 2.10. The van der Waals surface area contributed by atoms with Crippen molar-refractivity contribution in [2.24, 2.45) is 0 Å². The number of pyridine rings is 1. The lowest BCUT2D eigenvalue weighted by atomic mass is 10.2. The van der Waals surface area contributed by atoms with Gasteiger partial charge in [-0.1, -0.05) is 23.7 Å². The first-order valence-corrected chi connectivity index (χ1v) is 6.84. The Morgan fingerprint density at radius 3 is 2.90 bits per heavy atom. The van der Waals surface area contributed by atoms with Gasteiger partial charge in [-0.05, 0) is 43.2 Å². The topological polar surface area (TPSA) is 37.9 Å². The predicted molar refractivity (Wildman–Crippen MR) is 81.4 cm³/mol. The smallest absolute Gasteiger partial charge is 0.238 e. The van der Waals surface area contributed by atoms with Crippen molar-refractivity contribution in [3.8, 4) is 5.88 Å². The second-order valence-electron chi connectivity index (χ2n) is 4.83. The van der Waals surface area contributed by atoms with Crippen LogP contribution < -0.4 is 4.74 Å². The van der Waals surface area contributed by atoms with Gasteiger partial charge in [-0.3, -0.25) is 0 Å². The molecule has 0 unspecified atom stereocenters. The van der Waals surface area contributed by atoms with Gasteiger partial charge in [0, 0.05) is 22.3 Å². The van der Waals surface area contributed by atoms with E-state index in [0.29, 0.717) is 17.5 Å². The van der Waals surface area contributed by atoms with Crippen LogP contribution in [-0.2, 0) is 6.61 Å². The van der Waals surface area contributed by atoms with E-state index in [9.17, 15) is 0 Å². The molecule has 1 N–H and O–H groups in total. The molecule has 2 heterocycles. The summed E-state index contributed by atoms with van der Waals surface area (Å²) in [6, 6.07) is 9.64. The maximum absolute atomic E-state index is 5.97. The molecule has 3 rings (SSSR count). The van der Waals surface area contributed by atoms with Crippen molar-refractivity contribution in [1.29, 1.82) is 0 Å². The normalized spacial score (nSPS) is 10.9. The number of ether oxygens (including phenoxy) is 1. The molecule has 3 aromatic rings. The van der Waals surface area contributed by atoms with Crippen molar-refractivity contribution in [3.05, 3.63) is 58.4 Å². The summed E-state index contributed by atoms with van der Waals surface area (Å²) in [5.74, 6) is 0.624. The van der Waals surface area contributed by atoms with Crippen LogP contribution in [0.1, 0.15) is 16.8 Å². The van der Waals surface area contributed by atoms with E-state index >= 15 is 0 Å². The summed E-state index contributed by atoms with van der Waals surface area (Å²) >= 11 is 5.97. The summed E-state index contributed by atoms with van der Waals surface area (Å²) in [6.07, 6.45) is 1.77. The molecule has 0 amide bonds. The molecule has 0 fully saturated rings. The van der Waals surface area contributed by atoms with E-state index in [0.717, 1.165) is 22.2 Å². The molecule has 20 heavy (non-hydrogen) atoms. The molecule has 2 aromatic heterocycles. The third kappa shape index (κ3) is 2.37. The van der Waals surface area contributed by atoms with Gasteiger partial charge >= 0.3 is 0 Å². The Morgan fingerprint density at radius 1 is 1.25 bits per heavy atom. The molecule has 102 valence electrons. The summed E-state index contributed by atoms with van der Waals surface area (Å²) in [5, 5.41) is 1.86. The molecule has 0 aliphatic heterocycles. The molecular formula is C16H15ClN2O. The third-order valence-electron chi connectivity index (χ3n) is 3.46. The largest absolute Gasteiger partial charge is 0.471 e. The number of aromatic amines is 1. The maximum Gasteiger partial charge on any atom is 0.238 e. The van der Waals surface area contributed by atoms with E-state index in [1.165, 1.54) is 5.56 Å². The fraction of sp³-hybridized carbons (Fsp3) is 0.188. The Balaban J connectivity index is 1.90. The molecule has 0 aliphatic rings. The zero-order chi connectivity index (χ0) is 14.1. The van der Waals surface area contributed by atoms with Gasteiger partial charge < -0.3 is 9.72 Å². The van der Waals surface area contributed by atoms with E-state index in [-0.39, 0.29) is 0 Å². The van der Waals surface area contributed by atoms with Gasteiger partial charge in [0.15, 0.2) is 0 Å². The number of aromatic nitrogens is 2. The van der Waals surface area contributed by atoms with Crippen molar-refractivity contribution in [3.63, 3.8) is 0 Å². The highest BCUT2D eigenvalue weighted by Crippen LogP contribution is 2.27. The van der Waals surface area contributed by atoms with Crippen LogP contribution in [0, 0.1) is 13.8 Å². The predicted octanol–water partition coefficient (Wildman–Crippen LogP) is 4.41. The van der Waals surface area contributed by atoms with Crippen LogP contribution in [0.4, 0.5) is 0 Å². The number of rotatable bonds is 3. The van der Waals surface area contributed by atoms with Crippen LogP contribution in [0.5, 0.6) is 5.88 Å². The highest BCUT2D eigenvalue weighted by atomic mass is 35.5. The molecular weight excluding hydrogens is 272 g/mol. The van der Waals surface area contributed by atoms with Crippen LogP contribution in [0.2, 0.25) is 5.02 Å². The molecule has 0 bridgehead atoms. The summed E-state index contributed by atoms with van der Waals surface area (Å²) in [7, 11) is 0. The van der Waals surface area contributed by atoms with Gasteiger partial charge in [-0.2, -0.15) is 0 Å². The number of fused-ring (bicyclic) bond motifs is 1. The molecule has 0 radical (unpaired) electrons. The van der Waals surface area contributed by atoms with Gasteiger partial charge in [-0.15, -0.1) is 0 Å². The maximum atomic E-state index is 5.97. The number of nitrogens with one attached hydrogen (secondary N) is 1. The molecule has 1 aromatic carbocycles. The summed E-state index contributed by atoms with van der Waals surface area (Å²) in [6.45, 7) is 4.59. The molecule has 0 spiro atoms. The van der Waals surface area contributed by atoms with Crippen LogP contribution in [0.3, 0.4) is 0 Å². The second-order valence-corrected chi connectivity index (χ2v) is 5.27. The van der Waals surface area contributed by atoms with Crippen molar-refractivity contribution in [2.75, 3.05) is 0 Å². The minimum Gasteiger partial charge on any atom is -0.471 e. The number of H-pyrrole nitrogens is 1. The SMILES string of the molecule is Cc1[nH]c2c(OCc3cccc(Cl)c3)nccc2c1C. The van der Waals surface area contributed by atoms with Gasteiger partial charge in [-0.25, -0.2) is 4.98 Å². The summed E-state index contributed by atoms with van der Waals surface area (Å²) in [5.41, 5.74) is 4.34. The minimum atomic E-state index is 0.448. The van der Waals surface area contributed by atoms with Crippen molar-refractivity contribution >= 4 is 22.5 Å². The third-order valence-corrected chi connectivity index (χ3v) is 3.69. The fourth-order valence-electron chi connectivity index (χ4n) is 2.25. The number of aryl methyl sites for hydroxylation is 2. The quantitative estimate of drug-likeness (QED) is 0.774. The number of hydrogen-bond acceptors (Lipinski definition) is 2. The van der Waals surface area contributed by atoms with E-state index in [1.807, 2.05) is 30.3 Å². The minimum absolute atomic E-state index is 0.448. The highest BCUT2D eigenvalue weighted by molar-refractivity contribution is 6.30. The lowest BCUT2D eigenvalue weighted by Gasteiger charge is -2.06. The van der Waals surface area contributed by atoms with Crippen LogP contribution >= 0.6 is 11.6 Å². The number of benzene rings is 1. The van der Waals surface area contributed by atoms with E-state index in [2.05, 4.69) is 23.8 Å². The molecule has 0 saturated carbocycles. The molecule has 0 saturated heterocycles. The lowest BCUT2D eigenvalue weighted by Crippen LogP contribution is -1.97. The van der Waals surface area contributed by atoms with Crippen molar-refractivity contribution in [1.82, 2.24) is 9.97 Å². The first-order chi connectivity index (χ1) is 9.65. The van der Waals surface area contributed by atoms with E-state index in [1.54, 1.807) is 6.20 Å². The van der Waals surface area contributed by atoms with Crippen LogP contribution in [0.25, 0.3) is 10.9 Å². The Bertz CT molecular complexity index is 764. The average Bonchev–Trinajstić information content (AvgIpc) is 2.73. The monoisotopic (exact) mass is 286 g/mol. The molecule has 3 nitrogen and oxygen atoms in total. The zero-order valence-corrected chi connectivity index (χ0v) is 12.2. The lowest BCUT2D eigenvalue weighted by molar-refractivity contribution is 0.297. The zero-order valence-electron chi connectivity index (χ0n) is 11.4. The van der Waals surface area contributed by atoms with Crippen molar-refractivity contribution in [2.45, 2.75) is 20.5 Å².